The third-order valence-corrected chi connectivity index (χ3v) is 3.58. The summed E-state index contributed by atoms with van der Waals surface area (Å²) in [6.45, 7) is 2.59. The molecule has 2 rings (SSSR count). The fraction of sp³-hybridized carbons (Fsp3) is 0.615. The van der Waals surface area contributed by atoms with Crippen molar-refractivity contribution < 1.29 is 0 Å². The molecule has 0 amide bonds. The average Bonchev–Trinajstić information content (AvgIpc) is 2.30. The molecule has 0 unspecified atom stereocenters. The van der Waals surface area contributed by atoms with Crippen LogP contribution in [0.5, 0.6) is 0 Å². The van der Waals surface area contributed by atoms with Crippen molar-refractivity contribution in [1.29, 1.82) is 0 Å². The Bertz CT molecular complexity index is 416. The van der Waals surface area contributed by atoms with Crippen LogP contribution in [0.4, 0.5) is 5.82 Å². The van der Waals surface area contributed by atoms with Gasteiger partial charge >= 0.3 is 0 Å². The van der Waals surface area contributed by atoms with E-state index in [0.717, 1.165) is 5.56 Å². The first-order valence-electron chi connectivity index (χ1n) is 6.22. The van der Waals surface area contributed by atoms with E-state index in [1.165, 1.54) is 32.1 Å². The Balaban J connectivity index is 2.31. The van der Waals surface area contributed by atoms with E-state index in [-0.39, 0.29) is 5.56 Å². The fourth-order valence-electron chi connectivity index (χ4n) is 2.65. The van der Waals surface area contributed by atoms with Crippen LogP contribution in [0.3, 0.4) is 0 Å². The summed E-state index contributed by atoms with van der Waals surface area (Å²) in [5.74, 6) is 1.16. The molecule has 1 heterocycles. The number of nitrogens with two attached hydrogens (primary N) is 1. The van der Waals surface area contributed by atoms with Gasteiger partial charge < -0.3 is 5.73 Å². The normalized spacial score (nSPS) is 17.6. The molecule has 0 aliphatic heterocycles. The highest BCUT2D eigenvalue weighted by atomic mass is 16.1. The van der Waals surface area contributed by atoms with Crippen LogP contribution in [0.2, 0.25) is 0 Å². The van der Waals surface area contributed by atoms with E-state index >= 15 is 0 Å². The van der Waals surface area contributed by atoms with Crippen LogP contribution in [0.15, 0.2) is 16.9 Å². The molecule has 0 saturated heterocycles. The maximum atomic E-state index is 11.8. The van der Waals surface area contributed by atoms with Crippen LogP contribution in [0, 0.1) is 0 Å². The van der Waals surface area contributed by atoms with E-state index in [4.69, 9.17) is 5.73 Å². The van der Waals surface area contributed by atoms with E-state index in [9.17, 15) is 4.79 Å². The van der Waals surface area contributed by atoms with Gasteiger partial charge in [0.25, 0.3) is 5.56 Å². The number of nitrogens with zero attached hydrogens (tertiary/aromatic N) is 1. The van der Waals surface area contributed by atoms with Gasteiger partial charge in [-0.1, -0.05) is 19.3 Å². The summed E-state index contributed by atoms with van der Waals surface area (Å²) in [4.78, 5) is 11.8. The summed E-state index contributed by atoms with van der Waals surface area (Å²) in [5.41, 5.74) is 7.09. The van der Waals surface area contributed by atoms with Crippen LogP contribution in [0.25, 0.3) is 0 Å². The zero-order chi connectivity index (χ0) is 11.5. The van der Waals surface area contributed by atoms with Crippen molar-refractivity contribution >= 4 is 5.82 Å². The van der Waals surface area contributed by atoms with Crippen LogP contribution in [-0.2, 0) is 6.54 Å². The second kappa shape index (κ2) is 4.73. The third kappa shape index (κ3) is 2.13. The van der Waals surface area contributed by atoms with Gasteiger partial charge in [0.1, 0.15) is 5.82 Å². The quantitative estimate of drug-likeness (QED) is 0.832. The second-order valence-electron chi connectivity index (χ2n) is 4.63. The number of pyridine rings is 1. The molecule has 1 saturated carbocycles. The molecule has 1 aliphatic rings. The minimum Gasteiger partial charge on any atom is -0.385 e. The van der Waals surface area contributed by atoms with E-state index < -0.39 is 0 Å². The monoisotopic (exact) mass is 220 g/mol. The average molecular weight is 220 g/mol. The van der Waals surface area contributed by atoms with Crippen molar-refractivity contribution in [3.05, 3.63) is 28.0 Å². The molecular weight excluding hydrogens is 200 g/mol. The SMILES string of the molecule is CCn1c(N)cc(C2CCCCC2)cc1=O. The lowest BCUT2D eigenvalue weighted by Gasteiger charge is -2.22. The van der Waals surface area contributed by atoms with Crippen LogP contribution < -0.4 is 11.3 Å². The minimum atomic E-state index is 0.0445. The molecule has 0 spiro atoms. The predicted octanol–water partition coefficient (Wildman–Crippen LogP) is 2.50. The Labute approximate surface area is 96.3 Å². The van der Waals surface area contributed by atoms with Crippen LogP contribution in [0.1, 0.15) is 50.5 Å². The number of hydrogen-bond donors (Lipinski definition) is 1. The molecule has 0 bridgehead atoms. The zero-order valence-corrected chi connectivity index (χ0v) is 9.91. The molecule has 2 N–H and O–H groups in total. The summed E-state index contributed by atoms with van der Waals surface area (Å²) in [6, 6.07) is 3.76. The highest BCUT2D eigenvalue weighted by molar-refractivity contribution is 5.35. The van der Waals surface area contributed by atoms with Gasteiger partial charge in [-0.3, -0.25) is 9.36 Å². The molecule has 1 aliphatic carbocycles. The molecule has 0 radical (unpaired) electrons. The van der Waals surface area contributed by atoms with Crippen molar-refractivity contribution in [2.75, 3.05) is 5.73 Å². The third-order valence-electron chi connectivity index (χ3n) is 3.58. The summed E-state index contributed by atoms with van der Waals surface area (Å²) >= 11 is 0. The van der Waals surface area contributed by atoms with Crippen LogP contribution in [-0.4, -0.2) is 4.57 Å². The van der Waals surface area contributed by atoms with Crippen molar-refractivity contribution in [3.63, 3.8) is 0 Å². The molecular formula is C13H20N2O. The van der Waals surface area contributed by atoms with E-state index in [1.807, 2.05) is 13.0 Å². The van der Waals surface area contributed by atoms with Gasteiger partial charge in [0, 0.05) is 12.6 Å². The Morgan fingerprint density at radius 1 is 1.31 bits per heavy atom. The highest BCUT2D eigenvalue weighted by Crippen LogP contribution is 2.32. The summed E-state index contributed by atoms with van der Waals surface area (Å²) < 4.78 is 1.62. The Morgan fingerprint density at radius 3 is 2.56 bits per heavy atom. The second-order valence-corrected chi connectivity index (χ2v) is 4.63. The Kier molecular flexibility index (Phi) is 3.32. The first-order chi connectivity index (χ1) is 7.72. The molecule has 88 valence electrons. The molecule has 1 fully saturated rings. The predicted molar refractivity (Wildman–Crippen MR) is 66.6 cm³/mol. The van der Waals surface area contributed by atoms with E-state index in [2.05, 4.69) is 0 Å². The van der Waals surface area contributed by atoms with Gasteiger partial charge in [-0.2, -0.15) is 0 Å². The maximum Gasteiger partial charge on any atom is 0.252 e. The smallest absolute Gasteiger partial charge is 0.252 e. The molecule has 1 aromatic heterocycles. The van der Waals surface area contributed by atoms with Gasteiger partial charge in [-0.15, -0.1) is 0 Å². The first-order valence-corrected chi connectivity index (χ1v) is 6.22. The lowest BCUT2D eigenvalue weighted by atomic mass is 9.84. The Hall–Kier alpha value is -1.25. The molecule has 3 nitrogen and oxygen atoms in total. The van der Waals surface area contributed by atoms with Gasteiger partial charge in [-0.05, 0) is 37.3 Å². The number of hydrogen-bond acceptors (Lipinski definition) is 2. The Morgan fingerprint density at radius 2 is 2.00 bits per heavy atom. The highest BCUT2D eigenvalue weighted by Gasteiger charge is 2.17. The summed E-state index contributed by atoms with van der Waals surface area (Å²) in [7, 11) is 0. The lowest BCUT2D eigenvalue weighted by Crippen LogP contribution is -2.23. The molecule has 0 atom stereocenters. The first kappa shape index (κ1) is 11.2. The van der Waals surface area contributed by atoms with E-state index in [1.54, 1.807) is 10.6 Å². The van der Waals surface area contributed by atoms with Crippen molar-refractivity contribution in [2.45, 2.75) is 51.5 Å². The topological polar surface area (TPSA) is 48.0 Å². The van der Waals surface area contributed by atoms with Gasteiger partial charge in [0.15, 0.2) is 0 Å². The number of rotatable bonds is 2. The minimum absolute atomic E-state index is 0.0445. The van der Waals surface area contributed by atoms with Crippen LogP contribution >= 0.6 is 0 Å². The largest absolute Gasteiger partial charge is 0.385 e. The van der Waals surface area contributed by atoms with Crippen molar-refractivity contribution in [1.82, 2.24) is 4.57 Å². The molecule has 3 heteroatoms. The van der Waals surface area contributed by atoms with Crippen molar-refractivity contribution in [3.8, 4) is 0 Å². The number of nitrogen functional groups attached to an aromatic ring is 1. The molecule has 0 aromatic carbocycles. The number of aromatic nitrogens is 1. The molecule has 16 heavy (non-hydrogen) atoms. The fourth-order valence-corrected chi connectivity index (χ4v) is 2.65. The maximum absolute atomic E-state index is 11.8. The van der Waals surface area contributed by atoms with Crippen molar-refractivity contribution in [2.24, 2.45) is 0 Å². The lowest BCUT2D eigenvalue weighted by molar-refractivity contribution is 0.442. The van der Waals surface area contributed by atoms with Gasteiger partial charge in [0.2, 0.25) is 0 Å². The van der Waals surface area contributed by atoms with Gasteiger partial charge in [-0.25, -0.2) is 0 Å². The van der Waals surface area contributed by atoms with E-state index in [0.29, 0.717) is 18.3 Å². The zero-order valence-electron chi connectivity index (χ0n) is 9.91. The number of anilines is 1. The summed E-state index contributed by atoms with van der Waals surface area (Å²) in [6.07, 6.45) is 6.30. The summed E-state index contributed by atoms with van der Waals surface area (Å²) in [5, 5.41) is 0. The van der Waals surface area contributed by atoms with Gasteiger partial charge in [0.05, 0.1) is 0 Å². The molecule has 1 aromatic rings. The standard InChI is InChI=1S/C13H20N2O/c1-2-15-12(14)8-11(9-13(15)16)10-6-4-3-5-7-10/h8-10H,2-7,14H2,1H3.